The fourth-order valence-electron chi connectivity index (χ4n) is 1.74. The van der Waals surface area contributed by atoms with E-state index in [0.29, 0.717) is 23.0 Å². The molecule has 1 heterocycles. The highest BCUT2D eigenvalue weighted by atomic mass is 127. The summed E-state index contributed by atoms with van der Waals surface area (Å²) in [5.41, 5.74) is 0.785. The van der Waals surface area contributed by atoms with E-state index in [1.807, 2.05) is 13.0 Å². The normalized spacial score (nSPS) is 16.2. The number of carbonyl (C=O) groups excluding carboxylic acids is 2. The molecule has 1 fully saturated rings. The minimum atomic E-state index is -0.370. The molecule has 0 radical (unpaired) electrons. The smallest absolute Gasteiger partial charge is 0.290 e. The number of carbonyl (C=O) groups is 2. The Kier molecular flexibility index (Phi) is 5.51. The Morgan fingerprint density at radius 3 is 2.71 bits per heavy atom. The Hall–Kier alpha value is -1.22. The lowest BCUT2D eigenvalue weighted by Gasteiger charge is -2.13. The molecule has 0 unspecified atom stereocenters. The Labute approximate surface area is 140 Å². The maximum Gasteiger partial charge on any atom is 0.290 e. The van der Waals surface area contributed by atoms with E-state index in [1.54, 1.807) is 19.3 Å². The maximum absolute atomic E-state index is 11.6. The van der Waals surface area contributed by atoms with Crippen molar-refractivity contribution in [3.8, 4) is 11.5 Å². The van der Waals surface area contributed by atoms with Crippen molar-refractivity contribution >= 4 is 51.6 Å². The second-order valence-corrected chi connectivity index (χ2v) is 6.41. The second-order valence-electron chi connectivity index (χ2n) is 4.23. The summed E-state index contributed by atoms with van der Waals surface area (Å²) in [5, 5.41) is 1.88. The standard InChI is InChI=1S/C14H14INO4S/c1-3-4-20-12-9(15)5-8(6-10(12)19-2)7-11-13(17)16-14(18)21-11/h5-7H,3-4H2,1-2H3,(H,16,17,18)/b11-7+. The van der Waals surface area contributed by atoms with E-state index in [4.69, 9.17) is 9.47 Å². The van der Waals surface area contributed by atoms with Crippen LogP contribution < -0.4 is 14.8 Å². The molecule has 1 aliphatic rings. The zero-order valence-electron chi connectivity index (χ0n) is 11.6. The molecule has 0 bridgehead atoms. The topological polar surface area (TPSA) is 64.6 Å². The lowest BCUT2D eigenvalue weighted by atomic mass is 10.2. The third kappa shape index (κ3) is 3.91. The first-order chi connectivity index (χ1) is 10.0. The van der Waals surface area contributed by atoms with E-state index in [-0.39, 0.29) is 11.1 Å². The molecule has 5 nitrogen and oxygen atoms in total. The van der Waals surface area contributed by atoms with Crippen molar-refractivity contribution in [1.82, 2.24) is 5.32 Å². The maximum atomic E-state index is 11.6. The van der Waals surface area contributed by atoms with Crippen molar-refractivity contribution in [2.75, 3.05) is 13.7 Å². The molecule has 2 amide bonds. The SMILES string of the molecule is CCCOc1c(I)cc(/C=C2/SC(=O)NC2=O)cc1OC. The summed E-state index contributed by atoms with van der Waals surface area (Å²) in [6, 6.07) is 3.68. The first-order valence-corrected chi connectivity index (χ1v) is 8.20. The molecular formula is C14H14INO4S. The zero-order chi connectivity index (χ0) is 15.4. The molecule has 0 aliphatic carbocycles. The van der Waals surface area contributed by atoms with Crippen molar-refractivity contribution in [3.05, 3.63) is 26.2 Å². The van der Waals surface area contributed by atoms with Gasteiger partial charge in [0.05, 0.1) is 22.2 Å². The Bertz CT molecular complexity index is 615. The van der Waals surface area contributed by atoms with Gasteiger partial charge in [-0.1, -0.05) is 6.92 Å². The molecule has 1 aromatic carbocycles. The minimum Gasteiger partial charge on any atom is -0.493 e. The molecule has 0 spiro atoms. The number of thioether (sulfide) groups is 1. The fourth-order valence-corrected chi connectivity index (χ4v) is 3.20. The van der Waals surface area contributed by atoms with Crippen LogP contribution >= 0.6 is 34.4 Å². The number of benzene rings is 1. The molecule has 1 N–H and O–H groups in total. The molecule has 0 atom stereocenters. The quantitative estimate of drug-likeness (QED) is 0.586. The predicted octanol–water partition coefficient (Wildman–Crippen LogP) is 3.41. The van der Waals surface area contributed by atoms with Gasteiger partial charge < -0.3 is 9.47 Å². The van der Waals surface area contributed by atoms with E-state index >= 15 is 0 Å². The molecule has 2 rings (SSSR count). The van der Waals surface area contributed by atoms with E-state index in [1.165, 1.54) is 0 Å². The van der Waals surface area contributed by atoms with Crippen molar-refractivity contribution in [1.29, 1.82) is 0 Å². The molecule has 0 aromatic heterocycles. The third-order valence-corrected chi connectivity index (χ3v) is 4.25. The summed E-state index contributed by atoms with van der Waals surface area (Å²) in [6.45, 7) is 2.64. The second kappa shape index (κ2) is 7.17. The van der Waals surface area contributed by atoms with Crippen LogP contribution in [0.5, 0.6) is 11.5 Å². The van der Waals surface area contributed by atoms with E-state index < -0.39 is 0 Å². The fraction of sp³-hybridized carbons (Fsp3) is 0.286. The van der Waals surface area contributed by atoms with Crippen LogP contribution in [0.3, 0.4) is 0 Å². The van der Waals surface area contributed by atoms with Gasteiger partial charge in [0.1, 0.15) is 0 Å². The minimum absolute atomic E-state index is 0.351. The molecular weight excluding hydrogens is 405 g/mol. The first kappa shape index (κ1) is 16.2. The van der Waals surface area contributed by atoms with Gasteiger partial charge in [-0.15, -0.1) is 0 Å². The van der Waals surface area contributed by atoms with Crippen LogP contribution in [0.25, 0.3) is 6.08 Å². The van der Waals surface area contributed by atoms with Crippen LogP contribution in [0.15, 0.2) is 17.0 Å². The summed E-state index contributed by atoms with van der Waals surface area (Å²) >= 11 is 3.05. The van der Waals surface area contributed by atoms with Gasteiger partial charge in [-0.2, -0.15) is 0 Å². The summed E-state index contributed by atoms with van der Waals surface area (Å²) < 4.78 is 11.9. The van der Waals surface area contributed by atoms with Crippen molar-refractivity contribution in [3.63, 3.8) is 0 Å². The van der Waals surface area contributed by atoms with E-state index in [0.717, 1.165) is 27.3 Å². The average molecular weight is 419 g/mol. The highest BCUT2D eigenvalue weighted by molar-refractivity contribution is 14.1. The summed E-state index contributed by atoms with van der Waals surface area (Å²) in [4.78, 5) is 23.1. The van der Waals surface area contributed by atoms with Crippen molar-refractivity contribution in [2.24, 2.45) is 0 Å². The van der Waals surface area contributed by atoms with Gasteiger partial charge >= 0.3 is 0 Å². The van der Waals surface area contributed by atoms with Gasteiger partial charge in [0.25, 0.3) is 11.1 Å². The highest BCUT2D eigenvalue weighted by Crippen LogP contribution is 2.35. The number of methoxy groups -OCH3 is 1. The number of amides is 2. The van der Waals surface area contributed by atoms with Gasteiger partial charge in [-0.25, -0.2) is 0 Å². The number of rotatable bonds is 5. The van der Waals surface area contributed by atoms with Gasteiger partial charge in [-0.05, 0) is 64.5 Å². The molecule has 21 heavy (non-hydrogen) atoms. The summed E-state index contributed by atoms with van der Waals surface area (Å²) in [7, 11) is 1.57. The van der Waals surface area contributed by atoms with Crippen LogP contribution in [-0.2, 0) is 4.79 Å². The highest BCUT2D eigenvalue weighted by Gasteiger charge is 2.25. The molecule has 0 saturated carbocycles. The average Bonchev–Trinajstić information content (AvgIpc) is 2.75. The van der Waals surface area contributed by atoms with Gasteiger partial charge in [-0.3, -0.25) is 14.9 Å². The molecule has 1 aromatic rings. The van der Waals surface area contributed by atoms with E-state index in [9.17, 15) is 9.59 Å². The van der Waals surface area contributed by atoms with Gasteiger partial charge in [0.2, 0.25) is 0 Å². The first-order valence-electron chi connectivity index (χ1n) is 6.30. The number of imide groups is 1. The van der Waals surface area contributed by atoms with Gasteiger partial charge in [0.15, 0.2) is 11.5 Å². The molecule has 1 aliphatic heterocycles. The van der Waals surface area contributed by atoms with Crippen LogP contribution in [0.1, 0.15) is 18.9 Å². The Morgan fingerprint density at radius 1 is 1.38 bits per heavy atom. The van der Waals surface area contributed by atoms with Crippen molar-refractivity contribution < 1.29 is 19.1 Å². The van der Waals surface area contributed by atoms with Crippen LogP contribution in [0, 0.1) is 3.57 Å². The van der Waals surface area contributed by atoms with E-state index in [2.05, 4.69) is 27.9 Å². The largest absolute Gasteiger partial charge is 0.493 e. The van der Waals surface area contributed by atoms with Crippen LogP contribution in [0.4, 0.5) is 4.79 Å². The summed E-state index contributed by atoms with van der Waals surface area (Å²) in [6.07, 6.45) is 2.57. The number of nitrogens with one attached hydrogen (secondary N) is 1. The third-order valence-electron chi connectivity index (χ3n) is 2.64. The Balaban J connectivity index is 2.34. The zero-order valence-corrected chi connectivity index (χ0v) is 14.5. The summed E-state index contributed by atoms with van der Waals surface area (Å²) in [5.74, 6) is 0.934. The molecule has 1 saturated heterocycles. The number of halogens is 1. The predicted molar refractivity (Wildman–Crippen MR) is 90.6 cm³/mol. The number of hydrogen-bond acceptors (Lipinski definition) is 5. The number of ether oxygens (including phenoxy) is 2. The lowest BCUT2D eigenvalue weighted by Crippen LogP contribution is -2.17. The number of hydrogen-bond donors (Lipinski definition) is 1. The van der Waals surface area contributed by atoms with Crippen LogP contribution in [0.2, 0.25) is 0 Å². The Morgan fingerprint density at radius 2 is 2.14 bits per heavy atom. The van der Waals surface area contributed by atoms with Crippen molar-refractivity contribution in [2.45, 2.75) is 13.3 Å². The van der Waals surface area contributed by atoms with Gasteiger partial charge in [0, 0.05) is 0 Å². The lowest BCUT2D eigenvalue weighted by molar-refractivity contribution is -0.115. The monoisotopic (exact) mass is 419 g/mol. The van der Waals surface area contributed by atoms with Crippen LogP contribution in [-0.4, -0.2) is 24.9 Å². The molecule has 7 heteroatoms. The molecule has 112 valence electrons.